The van der Waals surface area contributed by atoms with Crippen LogP contribution in [0.2, 0.25) is 0 Å². The summed E-state index contributed by atoms with van der Waals surface area (Å²) >= 11 is 0. The first-order chi connectivity index (χ1) is 8.61. The van der Waals surface area contributed by atoms with Crippen molar-refractivity contribution in [1.29, 1.82) is 0 Å². The van der Waals surface area contributed by atoms with Gasteiger partial charge in [-0.15, -0.1) is 0 Å². The first-order valence-electron chi connectivity index (χ1n) is 5.25. The second kappa shape index (κ2) is 4.75. The number of carbonyl (C=O) groups is 1. The van der Waals surface area contributed by atoms with E-state index in [2.05, 4.69) is 4.98 Å². The van der Waals surface area contributed by atoms with Crippen molar-refractivity contribution in [2.45, 2.75) is 0 Å². The van der Waals surface area contributed by atoms with Crippen LogP contribution in [-0.2, 0) is 0 Å². The number of aromatic carboxylic acids is 1. The molecule has 2 aromatic rings. The number of nitrogens with zero attached hydrogens (tertiary/aromatic N) is 1. The van der Waals surface area contributed by atoms with Crippen molar-refractivity contribution in [3.8, 4) is 17.0 Å². The zero-order chi connectivity index (χ0) is 13.1. The molecule has 0 radical (unpaired) electrons. The zero-order valence-corrected chi connectivity index (χ0v) is 9.75. The molecule has 5 heteroatoms. The van der Waals surface area contributed by atoms with Crippen LogP contribution >= 0.6 is 0 Å². The lowest BCUT2D eigenvalue weighted by Crippen LogP contribution is -2.00. The smallest absolute Gasteiger partial charge is 0.335 e. The summed E-state index contributed by atoms with van der Waals surface area (Å²) in [5, 5.41) is 9.00. The SMILES string of the molecule is COc1cccnc1-c1cc(N)cc(C(=O)O)c1. The Labute approximate surface area is 104 Å². The van der Waals surface area contributed by atoms with Crippen LogP contribution in [0.5, 0.6) is 5.75 Å². The zero-order valence-electron chi connectivity index (χ0n) is 9.75. The summed E-state index contributed by atoms with van der Waals surface area (Å²) in [7, 11) is 1.53. The fraction of sp³-hybridized carbons (Fsp3) is 0.0769. The van der Waals surface area contributed by atoms with Crippen LogP contribution in [0.15, 0.2) is 36.5 Å². The van der Waals surface area contributed by atoms with E-state index in [1.807, 2.05) is 0 Å². The summed E-state index contributed by atoms with van der Waals surface area (Å²) in [6.45, 7) is 0. The van der Waals surface area contributed by atoms with Gasteiger partial charge in [0.1, 0.15) is 11.4 Å². The van der Waals surface area contributed by atoms with E-state index < -0.39 is 5.97 Å². The van der Waals surface area contributed by atoms with Crippen molar-refractivity contribution in [2.24, 2.45) is 0 Å². The van der Waals surface area contributed by atoms with Gasteiger partial charge in [0.2, 0.25) is 0 Å². The van der Waals surface area contributed by atoms with Gasteiger partial charge >= 0.3 is 5.97 Å². The van der Waals surface area contributed by atoms with Crippen LogP contribution in [0, 0.1) is 0 Å². The standard InChI is InChI=1S/C13H12N2O3/c1-18-11-3-2-4-15-12(11)8-5-9(13(16)17)7-10(14)6-8/h2-7H,14H2,1H3,(H,16,17). The molecule has 0 saturated heterocycles. The Kier molecular flexibility index (Phi) is 3.14. The first-order valence-corrected chi connectivity index (χ1v) is 5.25. The number of ether oxygens (including phenoxy) is 1. The Morgan fingerprint density at radius 3 is 2.83 bits per heavy atom. The molecule has 18 heavy (non-hydrogen) atoms. The highest BCUT2D eigenvalue weighted by Crippen LogP contribution is 2.29. The maximum absolute atomic E-state index is 11.0. The van der Waals surface area contributed by atoms with Crippen molar-refractivity contribution in [3.63, 3.8) is 0 Å². The number of benzene rings is 1. The van der Waals surface area contributed by atoms with Gasteiger partial charge in [0.15, 0.2) is 0 Å². The van der Waals surface area contributed by atoms with E-state index in [-0.39, 0.29) is 5.56 Å². The van der Waals surface area contributed by atoms with E-state index in [0.717, 1.165) is 0 Å². The lowest BCUT2D eigenvalue weighted by Gasteiger charge is -2.08. The molecule has 0 aliphatic carbocycles. The number of methoxy groups -OCH3 is 1. The molecule has 5 nitrogen and oxygen atoms in total. The molecule has 2 rings (SSSR count). The Morgan fingerprint density at radius 2 is 2.17 bits per heavy atom. The summed E-state index contributed by atoms with van der Waals surface area (Å²) in [5.41, 5.74) is 7.37. The predicted molar refractivity (Wildman–Crippen MR) is 67.6 cm³/mol. The van der Waals surface area contributed by atoms with Crippen LogP contribution < -0.4 is 10.5 Å². The van der Waals surface area contributed by atoms with Crippen LogP contribution in [-0.4, -0.2) is 23.2 Å². The van der Waals surface area contributed by atoms with E-state index in [1.165, 1.54) is 19.2 Å². The number of carboxylic acids is 1. The topological polar surface area (TPSA) is 85.4 Å². The molecule has 0 saturated carbocycles. The third kappa shape index (κ3) is 2.24. The average Bonchev–Trinajstić information content (AvgIpc) is 2.38. The number of nitrogens with two attached hydrogens (primary N) is 1. The summed E-state index contributed by atoms with van der Waals surface area (Å²) in [4.78, 5) is 15.2. The highest BCUT2D eigenvalue weighted by atomic mass is 16.5. The average molecular weight is 244 g/mol. The minimum absolute atomic E-state index is 0.123. The Morgan fingerprint density at radius 1 is 1.39 bits per heavy atom. The van der Waals surface area contributed by atoms with Crippen LogP contribution in [0.4, 0.5) is 5.69 Å². The molecule has 0 fully saturated rings. The van der Waals surface area contributed by atoms with E-state index >= 15 is 0 Å². The number of hydrogen-bond acceptors (Lipinski definition) is 4. The number of pyridine rings is 1. The normalized spacial score (nSPS) is 10.1. The second-order valence-corrected chi connectivity index (χ2v) is 3.70. The third-order valence-corrected chi connectivity index (χ3v) is 2.47. The van der Waals surface area contributed by atoms with Gasteiger partial charge in [0.25, 0.3) is 0 Å². The highest BCUT2D eigenvalue weighted by molar-refractivity contribution is 5.91. The van der Waals surface area contributed by atoms with E-state index in [1.54, 1.807) is 24.4 Å². The first kappa shape index (κ1) is 11.9. The minimum Gasteiger partial charge on any atom is -0.494 e. The molecule has 1 heterocycles. The fourth-order valence-corrected chi connectivity index (χ4v) is 1.68. The molecule has 0 amide bonds. The number of aromatic nitrogens is 1. The molecule has 3 N–H and O–H groups in total. The van der Waals surface area contributed by atoms with Gasteiger partial charge < -0.3 is 15.6 Å². The molecule has 92 valence electrons. The summed E-state index contributed by atoms with van der Waals surface area (Å²) in [5.74, 6) is -0.460. The largest absolute Gasteiger partial charge is 0.494 e. The number of nitrogen functional groups attached to an aromatic ring is 1. The lowest BCUT2D eigenvalue weighted by atomic mass is 10.1. The molecule has 0 atom stereocenters. The van der Waals surface area contributed by atoms with Gasteiger partial charge in [-0.1, -0.05) is 0 Å². The van der Waals surface area contributed by atoms with Crippen molar-refractivity contribution in [3.05, 3.63) is 42.1 Å². The number of rotatable bonds is 3. The molecule has 1 aromatic heterocycles. The molecular weight excluding hydrogens is 232 g/mol. The molecule has 0 aliphatic heterocycles. The molecule has 0 spiro atoms. The monoisotopic (exact) mass is 244 g/mol. The maximum atomic E-state index is 11.0. The van der Waals surface area contributed by atoms with Crippen molar-refractivity contribution >= 4 is 11.7 Å². The number of hydrogen-bond donors (Lipinski definition) is 2. The molecular formula is C13H12N2O3. The predicted octanol–water partition coefficient (Wildman–Crippen LogP) is 2.04. The maximum Gasteiger partial charge on any atom is 0.335 e. The fourth-order valence-electron chi connectivity index (χ4n) is 1.68. The van der Waals surface area contributed by atoms with Gasteiger partial charge in [-0.05, 0) is 30.3 Å². The quantitative estimate of drug-likeness (QED) is 0.807. The van der Waals surface area contributed by atoms with Gasteiger partial charge in [0, 0.05) is 17.4 Å². The summed E-state index contributed by atoms with van der Waals surface area (Å²) in [6, 6.07) is 8.08. The summed E-state index contributed by atoms with van der Waals surface area (Å²) < 4.78 is 5.19. The molecule has 0 unspecified atom stereocenters. The van der Waals surface area contributed by atoms with Crippen molar-refractivity contribution < 1.29 is 14.6 Å². The van der Waals surface area contributed by atoms with Gasteiger partial charge in [-0.3, -0.25) is 4.98 Å². The lowest BCUT2D eigenvalue weighted by molar-refractivity contribution is 0.0697. The van der Waals surface area contributed by atoms with Crippen LogP contribution in [0.3, 0.4) is 0 Å². The van der Waals surface area contributed by atoms with Crippen LogP contribution in [0.1, 0.15) is 10.4 Å². The minimum atomic E-state index is -1.03. The van der Waals surface area contributed by atoms with Gasteiger partial charge in [-0.25, -0.2) is 4.79 Å². The molecule has 0 bridgehead atoms. The van der Waals surface area contributed by atoms with E-state index in [4.69, 9.17) is 15.6 Å². The third-order valence-electron chi connectivity index (χ3n) is 2.47. The molecule has 0 aliphatic rings. The number of anilines is 1. The summed E-state index contributed by atoms with van der Waals surface area (Å²) in [6.07, 6.45) is 1.61. The Hall–Kier alpha value is -2.56. The van der Waals surface area contributed by atoms with Crippen molar-refractivity contribution in [2.75, 3.05) is 12.8 Å². The Bertz CT molecular complexity index is 597. The van der Waals surface area contributed by atoms with E-state index in [9.17, 15) is 4.79 Å². The molecule has 1 aromatic carbocycles. The highest BCUT2D eigenvalue weighted by Gasteiger charge is 2.11. The second-order valence-electron chi connectivity index (χ2n) is 3.70. The number of carboxylic acid groups (broad SMARTS) is 1. The van der Waals surface area contributed by atoms with Crippen molar-refractivity contribution in [1.82, 2.24) is 4.98 Å². The van der Waals surface area contributed by atoms with Gasteiger partial charge in [0.05, 0.1) is 12.7 Å². The van der Waals surface area contributed by atoms with Crippen LogP contribution in [0.25, 0.3) is 11.3 Å². The Balaban J connectivity index is 2.60. The van der Waals surface area contributed by atoms with E-state index in [0.29, 0.717) is 22.7 Å². The van der Waals surface area contributed by atoms with Gasteiger partial charge in [-0.2, -0.15) is 0 Å².